The smallest absolute Gasteiger partial charge is 0.347 e. The number of thioether (sulfide) groups is 1. The maximum absolute atomic E-state index is 12.4. The molecule has 1 fully saturated rings. The molecular weight excluding hydrogens is 225 g/mol. The van der Waals surface area contributed by atoms with E-state index in [1.165, 1.54) is 6.20 Å². The highest BCUT2D eigenvalue weighted by Gasteiger charge is 2.31. The van der Waals surface area contributed by atoms with Crippen LogP contribution >= 0.6 is 11.8 Å². The van der Waals surface area contributed by atoms with Crippen LogP contribution in [0.1, 0.15) is 5.56 Å². The number of aromatic nitrogens is 1. The minimum atomic E-state index is -4.29. The Bertz CT molecular complexity index is 347. The van der Waals surface area contributed by atoms with Crippen molar-refractivity contribution < 1.29 is 13.2 Å². The summed E-state index contributed by atoms with van der Waals surface area (Å²) in [4.78, 5) is 5.79. The van der Waals surface area contributed by atoms with Gasteiger partial charge < -0.3 is 4.90 Å². The first kappa shape index (κ1) is 10.6. The topological polar surface area (TPSA) is 16.1 Å². The minimum absolute atomic E-state index is 0.412. The van der Waals surface area contributed by atoms with Gasteiger partial charge in [0.15, 0.2) is 0 Å². The molecule has 0 aliphatic carbocycles. The molecule has 0 saturated carbocycles. The third-order valence-corrected chi connectivity index (χ3v) is 3.11. The fraction of sp³-hybridized carbons (Fsp3) is 0.444. The van der Waals surface area contributed by atoms with Gasteiger partial charge in [-0.3, -0.25) is 0 Å². The highest BCUT2D eigenvalue weighted by Crippen LogP contribution is 2.31. The third kappa shape index (κ3) is 2.37. The van der Waals surface area contributed by atoms with E-state index < -0.39 is 11.7 Å². The number of hydrogen-bond acceptors (Lipinski definition) is 3. The maximum atomic E-state index is 12.4. The molecule has 0 radical (unpaired) electrons. The molecule has 1 aromatic heterocycles. The minimum Gasteiger partial charge on any atom is -0.347 e. The first-order chi connectivity index (χ1) is 7.07. The van der Waals surface area contributed by atoms with Crippen molar-refractivity contribution in [1.82, 2.24) is 4.98 Å². The average molecular weight is 234 g/mol. The number of rotatable bonds is 1. The maximum Gasteiger partial charge on any atom is 0.416 e. The number of halogens is 3. The molecule has 0 amide bonds. The first-order valence-corrected chi connectivity index (χ1v) is 5.59. The van der Waals surface area contributed by atoms with E-state index in [1.807, 2.05) is 4.90 Å². The quantitative estimate of drug-likeness (QED) is 0.743. The summed E-state index contributed by atoms with van der Waals surface area (Å²) >= 11 is 1.70. The molecule has 15 heavy (non-hydrogen) atoms. The van der Waals surface area contributed by atoms with Gasteiger partial charge in [-0.15, -0.1) is 11.8 Å². The largest absolute Gasteiger partial charge is 0.416 e. The zero-order chi connectivity index (χ0) is 10.9. The average Bonchev–Trinajstić information content (AvgIpc) is 2.69. The van der Waals surface area contributed by atoms with Crippen molar-refractivity contribution in [3.05, 3.63) is 23.9 Å². The molecule has 0 aromatic carbocycles. The molecule has 1 saturated heterocycles. The lowest BCUT2D eigenvalue weighted by atomic mass is 10.2. The van der Waals surface area contributed by atoms with Crippen LogP contribution in [0, 0.1) is 0 Å². The molecule has 6 heteroatoms. The van der Waals surface area contributed by atoms with E-state index in [-0.39, 0.29) is 0 Å². The Hall–Kier alpha value is -0.910. The number of pyridine rings is 1. The third-order valence-electron chi connectivity index (χ3n) is 2.15. The second-order valence-corrected chi connectivity index (χ2v) is 4.28. The van der Waals surface area contributed by atoms with Crippen LogP contribution in [0.2, 0.25) is 0 Å². The molecule has 2 nitrogen and oxygen atoms in total. The Balaban J connectivity index is 2.26. The van der Waals surface area contributed by atoms with Gasteiger partial charge >= 0.3 is 6.18 Å². The van der Waals surface area contributed by atoms with Crippen molar-refractivity contribution in [3.63, 3.8) is 0 Å². The molecule has 2 heterocycles. The Kier molecular flexibility index (Phi) is 2.77. The molecule has 1 aromatic rings. The second-order valence-electron chi connectivity index (χ2n) is 3.20. The van der Waals surface area contributed by atoms with Crippen LogP contribution in [-0.2, 0) is 6.18 Å². The molecule has 2 rings (SSSR count). The van der Waals surface area contributed by atoms with Crippen molar-refractivity contribution in [2.24, 2.45) is 0 Å². The van der Waals surface area contributed by atoms with Gasteiger partial charge in [-0.2, -0.15) is 13.2 Å². The van der Waals surface area contributed by atoms with E-state index >= 15 is 0 Å². The standard InChI is InChI=1S/C9H9F3N2S/c10-9(11,12)7-1-2-13-8(5-7)14-3-4-15-6-14/h1-2,5H,3-4,6H2. The van der Waals surface area contributed by atoms with E-state index in [0.29, 0.717) is 11.7 Å². The monoisotopic (exact) mass is 234 g/mol. The van der Waals surface area contributed by atoms with Gasteiger partial charge in [0.25, 0.3) is 0 Å². The predicted octanol–water partition coefficient (Wildman–Crippen LogP) is 2.61. The van der Waals surface area contributed by atoms with E-state index in [0.717, 1.165) is 24.4 Å². The highest BCUT2D eigenvalue weighted by molar-refractivity contribution is 7.99. The normalized spacial score (nSPS) is 17.1. The summed E-state index contributed by atoms with van der Waals surface area (Å²) < 4.78 is 37.2. The van der Waals surface area contributed by atoms with Crippen LogP contribution in [0.5, 0.6) is 0 Å². The van der Waals surface area contributed by atoms with Crippen molar-refractivity contribution in [3.8, 4) is 0 Å². The molecule has 1 aliphatic heterocycles. The molecule has 1 aliphatic rings. The van der Waals surface area contributed by atoms with Gasteiger partial charge in [0.05, 0.1) is 11.4 Å². The molecular formula is C9H9F3N2S. The van der Waals surface area contributed by atoms with E-state index in [4.69, 9.17) is 0 Å². The van der Waals surface area contributed by atoms with Crippen LogP contribution in [0.15, 0.2) is 18.3 Å². The van der Waals surface area contributed by atoms with Crippen molar-refractivity contribution in [2.75, 3.05) is 23.1 Å². The van der Waals surface area contributed by atoms with Crippen LogP contribution < -0.4 is 4.90 Å². The molecule has 0 N–H and O–H groups in total. The first-order valence-electron chi connectivity index (χ1n) is 4.43. The number of nitrogens with zero attached hydrogens (tertiary/aromatic N) is 2. The number of alkyl halides is 3. The molecule has 0 unspecified atom stereocenters. The summed E-state index contributed by atoms with van der Waals surface area (Å²) in [6.45, 7) is 0.763. The fourth-order valence-electron chi connectivity index (χ4n) is 1.36. The lowest BCUT2D eigenvalue weighted by molar-refractivity contribution is -0.137. The SMILES string of the molecule is FC(F)(F)c1ccnc(N2CCSC2)c1. The van der Waals surface area contributed by atoms with Gasteiger partial charge in [0.1, 0.15) is 5.82 Å². The van der Waals surface area contributed by atoms with Gasteiger partial charge in [0.2, 0.25) is 0 Å². The number of anilines is 1. The Morgan fingerprint density at radius 1 is 1.40 bits per heavy atom. The Morgan fingerprint density at radius 2 is 2.20 bits per heavy atom. The van der Waals surface area contributed by atoms with E-state index in [1.54, 1.807) is 11.8 Å². The fourth-order valence-corrected chi connectivity index (χ4v) is 2.32. The zero-order valence-corrected chi connectivity index (χ0v) is 8.61. The predicted molar refractivity (Wildman–Crippen MR) is 53.9 cm³/mol. The van der Waals surface area contributed by atoms with Crippen molar-refractivity contribution in [1.29, 1.82) is 0 Å². The summed E-state index contributed by atoms with van der Waals surface area (Å²) in [5.41, 5.74) is -0.635. The lowest BCUT2D eigenvalue weighted by Crippen LogP contribution is -2.20. The Morgan fingerprint density at radius 3 is 2.80 bits per heavy atom. The van der Waals surface area contributed by atoms with Crippen LogP contribution in [-0.4, -0.2) is 23.2 Å². The van der Waals surface area contributed by atoms with Crippen molar-refractivity contribution in [2.45, 2.75) is 6.18 Å². The summed E-state index contributed by atoms with van der Waals surface area (Å²) in [7, 11) is 0. The van der Waals surface area contributed by atoms with Gasteiger partial charge in [-0.1, -0.05) is 0 Å². The molecule has 0 atom stereocenters. The van der Waals surface area contributed by atoms with E-state index in [9.17, 15) is 13.2 Å². The van der Waals surface area contributed by atoms with Crippen LogP contribution in [0.25, 0.3) is 0 Å². The Labute approximate surface area is 89.5 Å². The summed E-state index contributed by atoms with van der Waals surface area (Å²) in [6, 6.07) is 2.10. The number of hydrogen-bond donors (Lipinski definition) is 0. The lowest BCUT2D eigenvalue weighted by Gasteiger charge is -2.16. The molecule has 0 spiro atoms. The van der Waals surface area contributed by atoms with Gasteiger partial charge in [-0.25, -0.2) is 4.98 Å². The molecule has 82 valence electrons. The van der Waals surface area contributed by atoms with Crippen LogP contribution in [0.4, 0.5) is 19.0 Å². The zero-order valence-electron chi connectivity index (χ0n) is 7.79. The van der Waals surface area contributed by atoms with E-state index in [2.05, 4.69) is 4.98 Å². The summed E-state index contributed by atoms with van der Waals surface area (Å²) in [5, 5.41) is 0. The highest BCUT2D eigenvalue weighted by atomic mass is 32.2. The second kappa shape index (κ2) is 3.92. The van der Waals surface area contributed by atoms with Crippen molar-refractivity contribution >= 4 is 17.6 Å². The summed E-state index contributed by atoms with van der Waals surface area (Å²) in [5.74, 6) is 2.07. The molecule has 0 bridgehead atoms. The van der Waals surface area contributed by atoms with Crippen LogP contribution in [0.3, 0.4) is 0 Å². The summed E-state index contributed by atoms with van der Waals surface area (Å²) in [6.07, 6.45) is -3.08. The van der Waals surface area contributed by atoms with Gasteiger partial charge in [-0.05, 0) is 12.1 Å². The van der Waals surface area contributed by atoms with Gasteiger partial charge in [0, 0.05) is 18.5 Å².